The molecular formula is C25H29F3N4O2. The van der Waals surface area contributed by atoms with E-state index in [0.717, 1.165) is 33.7 Å². The third kappa shape index (κ3) is 4.81. The first-order valence-electron chi connectivity index (χ1n) is 11.3. The Bertz CT molecular complexity index is 1210. The van der Waals surface area contributed by atoms with Crippen LogP contribution >= 0.6 is 0 Å². The molecule has 182 valence electrons. The Kier molecular flexibility index (Phi) is 6.44. The molecule has 0 amide bonds. The van der Waals surface area contributed by atoms with Gasteiger partial charge in [-0.05, 0) is 63.1 Å². The molecular weight excluding hydrogens is 445 g/mol. The number of piperazine rings is 1. The van der Waals surface area contributed by atoms with Crippen molar-refractivity contribution in [3.05, 3.63) is 58.7 Å². The number of carboxylic acids is 1. The van der Waals surface area contributed by atoms with Gasteiger partial charge in [0.05, 0.1) is 17.6 Å². The summed E-state index contributed by atoms with van der Waals surface area (Å²) in [6.45, 7) is 8.33. The minimum atomic E-state index is -4.21. The maximum atomic E-state index is 12.8. The second kappa shape index (κ2) is 9.03. The number of aromatic carboxylic acids is 1. The lowest BCUT2D eigenvalue weighted by atomic mass is 9.99. The lowest BCUT2D eigenvalue weighted by Crippen LogP contribution is -2.49. The van der Waals surface area contributed by atoms with Gasteiger partial charge >= 0.3 is 12.1 Å². The van der Waals surface area contributed by atoms with E-state index in [4.69, 9.17) is 0 Å². The summed E-state index contributed by atoms with van der Waals surface area (Å²) in [5.41, 5.74) is 6.16. The minimum Gasteiger partial charge on any atom is -0.478 e. The van der Waals surface area contributed by atoms with Crippen LogP contribution in [-0.4, -0.2) is 69.2 Å². The Balaban J connectivity index is 1.74. The maximum Gasteiger partial charge on any atom is 0.401 e. The number of pyridine rings is 2. The van der Waals surface area contributed by atoms with Crippen molar-refractivity contribution in [2.24, 2.45) is 0 Å². The van der Waals surface area contributed by atoms with Gasteiger partial charge in [0, 0.05) is 61.1 Å². The number of fused-ring (bicyclic) bond motifs is 1. The molecule has 34 heavy (non-hydrogen) atoms. The van der Waals surface area contributed by atoms with Crippen LogP contribution in [0.1, 0.15) is 46.0 Å². The zero-order valence-corrected chi connectivity index (χ0v) is 19.8. The van der Waals surface area contributed by atoms with Crippen LogP contribution in [0, 0.1) is 20.8 Å². The van der Waals surface area contributed by atoms with Crippen molar-refractivity contribution in [2.75, 3.05) is 32.7 Å². The van der Waals surface area contributed by atoms with E-state index in [2.05, 4.69) is 9.88 Å². The first kappa shape index (κ1) is 24.2. The highest BCUT2D eigenvalue weighted by atomic mass is 19.4. The van der Waals surface area contributed by atoms with Crippen LogP contribution in [0.15, 0.2) is 30.5 Å². The Morgan fingerprint density at radius 3 is 2.26 bits per heavy atom. The van der Waals surface area contributed by atoms with Crippen LogP contribution < -0.4 is 0 Å². The summed E-state index contributed by atoms with van der Waals surface area (Å²) in [5, 5.41) is 9.93. The topological polar surface area (TPSA) is 61.1 Å². The molecule has 4 heterocycles. The summed E-state index contributed by atoms with van der Waals surface area (Å²) in [7, 11) is 0. The highest BCUT2D eigenvalue weighted by molar-refractivity contribution is 5.94. The highest BCUT2D eigenvalue weighted by Crippen LogP contribution is 2.34. The monoisotopic (exact) mass is 474 g/mol. The van der Waals surface area contributed by atoms with Gasteiger partial charge in [-0.2, -0.15) is 13.2 Å². The summed E-state index contributed by atoms with van der Waals surface area (Å²) >= 11 is 0. The summed E-state index contributed by atoms with van der Waals surface area (Å²) < 4.78 is 40.4. The van der Waals surface area contributed by atoms with E-state index in [1.165, 1.54) is 4.90 Å². The second-order valence-corrected chi connectivity index (χ2v) is 9.10. The molecule has 1 fully saturated rings. The lowest BCUT2D eigenvalue weighted by molar-refractivity contribution is -0.149. The first-order chi connectivity index (χ1) is 15.9. The molecule has 4 rings (SSSR count). The highest BCUT2D eigenvalue weighted by Gasteiger charge is 2.33. The van der Waals surface area contributed by atoms with Crippen LogP contribution in [0.4, 0.5) is 13.2 Å². The van der Waals surface area contributed by atoms with E-state index in [-0.39, 0.29) is 11.6 Å². The summed E-state index contributed by atoms with van der Waals surface area (Å²) in [6.07, 6.45) is -2.27. The predicted octanol–water partition coefficient (Wildman–Crippen LogP) is 4.87. The molecule has 1 N–H and O–H groups in total. The van der Waals surface area contributed by atoms with Crippen molar-refractivity contribution in [3.63, 3.8) is 0 Å². The van der Waals surface area contributed by atoms with Gasteiger partial charge in [0.2, 0.25) is 0 Å². The minimum absolute atomic E-state index is 0.170. The van der Waals surface area contributed by atoms with E-state index < -0.39 is 18.7 Å². The van der Waals surface area contributed by atoms with Crippen molar-refractivity contribution >= 4 is 11.5 Å². The van der Waals surface area contributed by atoms with Crippen LogP contribution in [0.25, 0.3) is 16.6 Å². The quantitative estimate of drug-likeness (QED) is 0.572. The number of rotatable bonds is 5. The zero-order valence-electron chi connectivity index (χ0n) is 19.8. The van der Waals surface area contributed by atoms with Crippen LogP contribution in [0.3, 0.4) is 0 Å². The van der Waals surface area contributed by atoms with E-state index in [0.29, 0.717) is 31.7 Å². The first-order valence-corrected chi connectivity index (χ1v) is 11.3. The number of hydrogen-bond donors (Lipinski definition) is 1. The Labute approximate surface area is 196 Å². The average molecular weight is 475 g/mol. The van der Waals surface area contributed by atoms with Gasteiger partial charge in [-0.3, -0.25) is 14.8 Å². The molecule has 0 saturated carbocycles. The van der Waals surface area contributed by atoms with Crippen molar-refractivity contribution in [3.8, 4) is 11.1 Å². The molecule has 0 radical (unpaired) electrons. The molecule has 0 bridgehead atoms. The van der Waals surface area contributed by atoms with Gasteiger partial charge in [0.25, 0.3) is 0 Å². The lowest BCUT2D eigenvalue weighted by Gasteiger charge is -2.39. The summed E-state index contributed by atoms with van der Waals surface area (Å²) in [5.74, 6) is -1.00. The van der Waals surface area contributed by atoms with Gasteiger partial charge < -0.3 is 9.51 Å². The molecule has 3 aromatic heterocycles. The molecule has 0 aromatic carbocycles. The van der Waals surface area contributed by atoms with Crippen LogP contribution in [-0.2, 0) is 0 Å². The number of aryl methyl sites for hydroxylation is 2. The normalized spacial score (nSPS) is 16.8. The fourth-order valence-corrected chi connectivity index (χ4v) is 5.07. The van der Waals surface area contributed by atoms with Gasteiger partial charge in [0.15, 0.2) is 0 Å². The fourth-order valence-electron chi connectivity index (χ4n) is 5.07. The van der Waals surface area contributed by atoms with E-state index >= 15 is 0 Å². The number of carboxylic acid groups (broad SMARTS) is 1. The predicted molar refractivity (Wildman–Crippen MR) is 124 cm³/mol. The molecule has 9 heteroatoms. The maximum absolute atomic E-state index is 12.8. The number of aromatic nitrogens is 2. The van der Waals surface area contributed by atoms with Gasteiger partial charge in [-0.1, -0.05) is 0 Å². The van der Waals surface area contributed by atoms with Crippen molar-refractivity contribution < 1.29 is 23.1 Å². The number of nitrogens with zero attached hydrogens (tertiary/aromatic N) is 4. The molecule has 6 nitrogen and oxygen atoms in total. The fraction of sp³-hybridized carbons (Fsp3) is 0.440. The Hall–Kier alpha value is -2.91. The third-order valence-corrected chi connectivity index (χ3v) is 6.63. The molecule has 1 saturated heterocycles. The van der Waals surface area contributed by atoms with Crippen molar-refractivity contribution in [1.29, 1.82) is 0 Å². The second-order valence-electron chi connectivity index (χ2n) is 9.10. The third-order valence-electron chi connectivity index (χ3n) is 6.63. The number of alkyl halides is 3. The molecule has 1 aliphatic heterocycles. The van der Waals surface area contributed by atoms with Gasteiger partial charge in [-0.15, -0.1) is 0 Å². The average Bonchev–Trinajstić information content (AvgIpc) is 3.15. The SMILES string of the molecule is Cc1cc(-c2ccn3c(C(C)N4CCN(CC(F)(F)F)CC4)c(C)c(C(=O)O)cc23)cc(C)n1. The van der Waals surface area contributed by atoms with Crippen molar-refractivity contribution in [1.82, 2.24) is 19.2 Å². The van der Waals surface area contributed by atoms with Crippen molar-refractivity contribution in [2.45, 2.75) is 39.9 Å². The van der Waals surface area contributed by atoms with E-state index in [1.807, 2.05) is 49.6 Å². The zero-order chi connectivity index (χ0) is 24.8. The van der Waals surface area contributed by atoms with E-state index in [9.17, 15) is 23.1 Å². The summed E-state index contributed by atoms with van der Waals surface area (Å²) in [6, 6.07) is 7.47. The standard InChI is InChI=1S/C25H29F3N4O2/c1-15-11-19(12-16(2)29-15)20-5-6-32-22(20)13-21(24(33)34)17(3)23(32)18(4)31-9-7-30(8-10-31)14-25(26,27)28/h5-6,11-13,18H,7-10,14H2,1-4H3,(H,33,34). The van der Waals surface area contributed by atoms with Gasteiger partial charge in [0.1, 0.15) is 0 Å². The number of hydrogen-bond acceptors (Lipinski definition) is 4. The molecule has 1 atom stereocenters. The van der Waals surface area contributed by atoms with Crippen LogP contribution in [0.2, 0.25) is 0 Å². The summed E-state index contributed by atoms with van der Waals surface area (Å²) in [4.78, 5) is 20.1. The smallest absolute Gasteiger partial charge is 0.401 e. The molecule has 1 aliphatic rings. The molecule has 1 unspecified atom stereocenters. The number of carbonyl (C=O) groups is 1. The van der Waals surface area contributed by atoms with E-state index in [1.54, 1.807) is 13.0 Å². The number of halogens is 3. The van der Waals surface area contributed by atoms with Gasteiger partial charge in [-0.25, -0.2) is 4.79 Å². The molecule has 0 spiro atoms. The Morgan fingerprint density at radius 1 is 1.09 bits per heavy atom. The Morgan fingerprint density at radius 2 is 1.71 bits per heavy atom. The molecule has 3 aromatic rings. The largest absolute Gasteiger partial charge is 0.478 e. The molecule has 0 aliphatic carbocycles. The van der Waals surface area contributed by atoms with Crippen LogP contribution in [0.5, 0.6) is 0 Å².